The maximum atomic E-state index is 11.8. The zero-order valence-electron chi connectivity index (χ0n) is 9.89. The molecule has 0 saturated heterocycles. The van der Waals surface area contributed by atoms with E-state index < -0.39 is 13.0 Å². The Morgan fingerprint density at radius 3 is 2.47 bits per heavy atom. The van der Waals surface area contributed by atoms with Gasteiger partial charge in [0, 0.05) is 5.33 Å². The number of methoxy groups -OCH3 is 1. The summed E-state index contributed by atoms with van der Waals surface area (Å²) in [5.74, 6) is 0.550. The third kappa shape index (κ3) is 5.46. The Morgan fingerprint density at radius 1 is 1.26 bits per heavy atom. The molecule has 0 amide bonds. The zero-order valence-corrected chi connectivity index (χ0v) is 12.2. The fourth-order valence-corrected chi connectivity index (χ4v) is 1.90. The molecule has 0 bridgehead atoms. The van der Waals surface area contributed by atoms with Gasteiger partial charge >= 0.3 is 6.36 Å². The van der Waals surface area contributed by atoms with Crippen molar-refractivity contribution >= 4 is 27.5 Å². The van der Waals surface area contributed by atoms with E-state index in [0.717, 1.165) is 5.56 Å². The molecule has 0 radical (unpaired) electrons. The highest BCUT2D eigenvalue weighted by atomic mass is 79.9. The minimum Gasteiger partial charge on any atom is -0.493 e. The molecule has 0 unspecified atom stereocenters. The second-order valence-electron chi connectivity index (χ2n) is 3.39. The van der Waals surface area contributed by atoms with E-state index in [0.29, 0.717) is 11.1 Å². The summed E-state index contributed by atoms with van der Waals surface area (Å²) in [5, 5.41) is 0.835. The smallest absolute Gasteiger partial charge is 0.493 e. The van der Waals surface area contributed by atoms with E-state index in [9.17, 15) is 13.2 Å². The third-order valence-electron chi connectivity index (χ3n) is 2.04. The highest BCUT2D eigenvalue weighted by Gasteiger charge is 2.28. The molecule has 8 heteroatoms. The van der Waals surface area contributed by atoms with Crippen molar-refractivity contribution in [2.45, 2.75) is 11.7 Å². The first-order chi connectivity index (χ1) is 8.87. The molecule has 0 atom stereocenters. The van der Waals surface area contributed by atoms with Gasteiger partial charge in [-0.2, -0.15) is 0 Å². The SMILES string of the molecule is COc1cc(CBr)cc(Cl)c1OCCOC(F)(F)F. The highest BCUT2D eigenvalue weighted by molar-refractivity contribution is 9.08. The Morgan fingerprint density at radius 2 is 1.95 bits per heavy atom. The number of halogens is 5. The quantitative estimate of drug-likeness (QED) is 0.561. The van der Waals surface area contributed by atoms with Crippen LogP contribution in [0.2, 0.25) is 5.02 Å². The number of benzene rings is 1. The van der Waals surface area contributed by atoms with E-state index in [1.165, 1.54) is 7.11 Å². The lowest BCUT2D eigenvalue weighted by atomic mass is 10.2. The minimum absolute atomic E-state index is 0.194. The van der Waals surface area contributed by atoms with Crippen molar-refractivity contribution < 1.29 is 27.4 Å². The summed E-state index contributed by atoms with van der Waals surface area (Å²) in [4.78, 5) is 0. The van der Waals surface area contributed by atoms with Crippen molar-refractivity contribution in [2.75, 3.05) is 20.3 Å². The molecule has 1 rings (SSSR count). The van der Waals surface area contributed by atoms with Crippen LogP contribution >= 0.6 is 27.5 Å². The average Bonchev–Trinajstić information content (AvgIpc) is 2.34. The van der Waals surface area contributed by atoms with Crippen molar-refractivity contribution in [3.05, 3.63) is 22.7 Å². The molecule has 0 fully saturated rings. The number of hydrogen-bond donors (Lipinski definition) is 0. The topological polar surface area (TPSA) is 27.7 Å². The van der Waals surface area contributed by atoms with Gasteiger partial charge in [-0.3, -0.25) is 4.74 Å². The second-order valence-corrected chi connectivity index (χ2v) is 4.35. The largest absolute Gasteiger partial charge is 0.522 e. The fraction of sp³-hybridized carbons (Fsp3) is 0.455. The summed E-state index contributed by atoms with van der Waals surface area (Å²) >= 11 is 9.24. The molecule has 0 aliphatic heterocycles. The Balaban J connectivity index is 2.67. The first-order valence-electron chi connectivity index (χ1n) is 5.13. The van der Waals surface area contributed by atoms with Crippen molar-refractivity contribution in [1.82, 2.24) is 0 Å². The normalized spacial score (nSPS) is 11.5. The molecule has 0 aliphatic rings. The molecule has 1 aromatic rings. The Labute approximate surface area is 121 Å². The lowest BCUT2D eigenvalue weighted by Gasteiger charge is -2.14. The van der Waals surface area contributed by atoms with E-state index in [1.54, 1.807) is 12.1 Å². The molecule has 0 aromatic heterocycles. The first-order valence-corrected chi connectivity index (χ1v) is 6.63. The number of ether oxygens (including phenoxy) is 3. The number of hydrogen-bond acceptors (Lipinski definition) is 3. The van der Waals surface area contributed by atoms with Gasteiger partial charge in [0.1, 0.15) is 6.61 Å². The lowest BCUT2D eigenvalue weighted by Crippen LogP contribution is -2.18. The van der Waals surface area contributed by atoms with E-state index in [4.69, 9.17) is 21.1 Å². The molecule has 0 N–H and O–H groups in total. The predicted molar refractivity (Wildman–Crippen MR) is 68.1 cm³/mol. The third-order valence-corrected chi connectivity index (χ3v) is 2.97. The number of rotatable bonds is 6. The van der Waals surface area contributed by atoms with Crippen LogP contribution in [0.1, 0.15) is 5.56 Å². The molecule has 0 heterocycles. The van der Waals surface area contributed by atoms with Crippen LogP contribution < -0.4 is 9.47 Å². The second kappa shape index (κ2) is 7.21. The standard InChI is InChI=1S/C11H11BrClF3O3/c1-17-9-5-7(6-12)4-8(13)10(9)18-2-3-19-11(14,15)16/h4-5H,2-3,6H2,1H3. The molecule has 0 spiro atoms. The van der Waals surface area contributed by atoms with Crippen LogP contribution in [0.15, 0.2) is 12.1 Å². The van der Waals surface area contributed by atoms with E-state index in [-0.39, 0.29) is 17.4 Å². The maximum absolute atomic E-state index is 11.8. The minimum atomic E-state index is -4.67. The average molecular weight is 364 g/mol. The van der Waals surface area contributed by atoms with Crippen molar-refractivity contribution in [2.24, 2.45) is 0 Å². The van der Waals surface area contributed by atoms with E-state index >= 15 is 0 Å². The zero-order chi connectivity index (χ0) is 14.5. The summed E-state index contributed by atoms with van der Waals surface area (Å²) in [6, 6.07) is 3.32. The van der Waals surface area contributed by atoms with Gasteiger partial charge in [0.25, 0.3) is 0 Å². The molecule has 19 heavy (non-hydrogen) atoms. The van der Waals surface area contributed by atoms with Crippen LogP contribution in [0.3, 0.4) is 0 Å². The van der Waals surface area contributed by atoms with Crippen molar-refractivity contribution in [3.8, 4) is 11.5 Å². The molecule has 3 nitrogen and oxygen atoms in total. The van der Waals surface area contributed by atoms with Gasteiger partial charge in [-0.1, -0.05) is 27.5 Å². The summed E-state index contributed by atoms with van der Waals surface area (Å²) < 4.78 is 49.1. The van der Waals surface area contributed by atoms with Crippen molar-refractivity contribution in [1.29, 1.82) is 0 Å². The van der Waals surface area contributed by atoms with Gasteiger partial charge in [0.05, 0.1) is 18.7 Å². The molecular formula is C11H11BrClF3O3. The molecular weight excluding hydrogens is 352 g/mol. The van der Waals surface area contributed by atoms with Crippen LogP contribution in [-0.2, 0) is 10.1 Å². The summed E-state index contributed by atoms with van der Waals surface area (Å²) in [6.07, 6.45) is -4.67. The first kappa shape index (κ1) is 16.4. The summed E-state index contributed by atoms with van der Waals surface area (Å²) in [6.45, 7) is -0.910. The van der Waals surface area contributed by atoms with Crippen LogP contribution in [0.5, 0.6) is 11.5 Å². The van der Waals surface area contributed by atoms with Gasteiger partial charge in [0.15, 0.2) is 11.5 Å². The van der Waals surface area contributed by atoms with Crippen LogP contribution in [-0.4, -0.2) is 26.7 Å². The van der Waals surface area contributed by atoms with Gasteiger partial charge < -0.3 is 9.47 Å². The molecule has 0 saturated carbocycles. The summed E-state index contributed by atoms with van der Waals surface area (Å²) in [5.41, 5.74) is 0.862. The fourth-order valence-electron chi connectivity index (χ4n) is 1.29. The molecule has 1 aromatic carbocycles. The highest BCUT2D eigenvalue weighted by Crippen LogP contribution is 2.36. The Bertz CT molecular complexity index is 426. The van der Waals surface area contributed by atoms with Crippen LogP contribution in [0.4, 0.5) is 13.2 Å². The van der Waals surface area contributed by atoms with Gasteiger partial charge in [-0.05, 0) is 17.7 Å². The van der Waals surface area contributed by atoms with Gasteiger partial charge in [-0.15, -0.1) is 13.2 Å². The van der Waals surface area contributed by atoms with Crippen molar-refractivity contribution in [3.63, 3.8) is 0 Å². The van der Waals surface area contributed by atoms with Crippen LogP contribution in [0, 0.1) is 0 Å². The Kier molecular flexibility index (Phi) is 6.22. The lowest BCUT2D eigenvalue weighted by molar-refractivity contribution is -0.325. The monoisotopic (exact) mass is 362 g/mol. The van der Waals surface area contributed by atoms with Crippen LogP contribution in [0.25, 0.3) is 0 Å². The predicted octanol–water partition coefficient (Wildman–Crippen LogP) is 4.16. The Hall–Kier alpha value is -0.660. The van der Waals surface area contributed by atoms with E-state index in [1.807, 2.05) is 0 Å². The molecule has 0 aliphatic carbocycles. The van der Waals surface area contributed by atoms with Gasteiger partial charge in [0.2, 0.25) is 0 Å². The number of alkyl halides is 4. The van der Waals surface area contributed by atoms with Gasteiger partial charge in [-0.25, -0.2) is 0 Å². The summed E-state index contributed by atoms with van der Waals surface area (Å²) in [7, 11) is 1.42. The maximum Gasteiger partial charge on any atom is 0.522 e. The molecule has 108 valence electrons. The van der Waals surface area contributed by atoms with E-state index in [2.05, 4.69) is 20.7 Å².